The van der Waals surface area contributed by atoms with Crippen LogP contribution >= 0.6 is 0 Å². The maximum atomic E-state index is 11.8. The number of hydrogen-bond acceptors (Lipinski definition) is 4. The van der Waals surface area contributed by atoms with Crippen molar-refractivity contribution in [1.29, 1.82) is 0 Å². The second-order valence-corrected chi connectivity index (χ2v) is 6.97. The van der Waals surface area contributed by atoms with Crippen molar-refractivity contribution in [2.45, 2.75) is 51.2 Å². The molecule has 0 aromatic carbocycles. The number of likely N-dealkylation sites (N-methyl/N-ethyl adjacent to an activating group) is 1. The van der Waals surface area contributed by atoms with Crippen LogP contribution in [0.15, 0.2) is 4.99 Å². The SMILES string of the molecule is CCNC(=NCC(=O)N(C)C)N1CCC(OCC2CCCCO2)CC1. The lowest BCUT2D eigenvalue weighted by Crippen LogP contribution is -2.47. The largest absolute Gasteiger partial charge is 0.376 e. The number of nitrogens with zero attached hydrogens (tertiary/aromatic N) is 3. The van der Waals surface area contributed by atoms with E-state index >= 15 is 0 Å². The Morgan fingerprint density at radius 2 is 2.04 bits per heavy atom. The van der Waals surface area contributed by atoms with Crippen LogP contribution in [0.2, 0.25) is 0 Å². The summed E-state index contributed by atoms with van der Waals surface area (Å²) in [5.74, 6) is 0.841. The maximum Gasteiger partial charge on any atom is 0.243 e. The summed E-state index contributed by atoms with van der Waals surface area (Å²) in [6, 6.07) is 0. The minimum atomic E-state index is 0.0149. The predicted octanol–water partition coefficient (Wildman–Crippen LogP) is 1.09. The van der Waals surface area contributed by atoms with Gasteiger partial charge in [0.15, 0.2) is 5.96 Å². The number of rotatable bonds is 6. The molecule has 2 fully saturated rings. The van der Waals surface area contributed by atoms with Gasteiger partial charge in [-0.1, -0.05) is 0 Å². The van der Waals surface area contributed by atoms with Crippen molar-refractivity contribution < 1.29 is 14.3 Å². The third-order valence-electron chi connectivity index (χ3n) is 4.73. The Kier molecular flexibility index (Phi) is 8.48. The monoisotopic (exact) mass is 354 g/mol. The zero-order chi connectivity index (χ0) is 18.1. The van der Waals surface area contributed by atoms with E-state index in [0.717, 1.165) is 58.1 Å². The molecular weight excluding hydrogens is 320 g/mol. The Bertz CT molecular complexity index is 428. The third kappa shape index (κ3) is 6.82. The van der Waals surface area contributed by atoms with Gasteiger partial charge in [-0.15, -0.1) is 0 Å². The summed E-state index contributed by atoms with van der Waals surface area (Å²) in [6.45, 7) is 6.42. The minimum Gasteiger partial charge on any atom is -0.376 e. The second-order valence-electron chi connectivity index (χ2n) is 6.97. The van der Waals surface area contributed by atoms with Gasteiger partial charge in [0.25, 0.3) is 0 Å². The molecule has 0 aromatic rings. The number of ether oxygens (including phenoxy) is 2. The highest BCUT2D eigenvalue weighted by molar-refractivity contribution is 5.84. The van der Waals surface area contributed by atoms with Gasteiger partial charge < -0.3 is 24.6 Å². The quantitative estimate of drug-likeness (QED) is 0.571. The highest BCUT2D eigenvalue weighted by atomic mass is 16.5. The van der Waals surface area contributed by atoms with Crippen molar-refractivity contribution in [3.63, 3.8) is 0 Å². The van der Waals surface area contributed by atoms with Crippen molar-refractivity contribution in [2.24, 2.45) is 4.99 Å². The van der Waals surface area contributed by atoms with Gasteiger partial charge in [-0.25, -0.2) is 4.99 Å². The van der Waals surface area contributed by atoms with E-state index in [1.165, 1.54) is 12.8 Å². The smallest absolute Gasteiger partial charge is 0.243 e. The van der Waals surface area contributed by atoms with Crippen LogP contribution in [-0.4, -0.2) is 87.4 Å². The zero-order valence-corrected chi connectivity index (χ0v) is 16.0. The number of hydrogen-bond donors (Lipinski definition) is 1. The summed E-state index contributed by atoms with van der Waals surface area (Å²) in [5.41, 5.74) is 0. The molecule has 1 amide bonds. The lowest BCUT2D eigenvalue weighted by molar-refractivity contribution is -0.127. The molecule has 1 atom stereocenters. The Balaban J connectivity index is 1.75. The highest BCUT2D eigenvalue weighted by Crippen LogP contribution is 2.17. The summed E-state index contributed by atoms with van der Waals surface area (Å²) in [4.78, 5) is 20.0. The van der Waals surface area contributed by atoms with E-state index in [4.69, 9.17) is 9.47 Å². The predicted molar refractivity (Wildman–Crippen MR) is 98.8 cm³/mol. The fourth-order valence-electron chi connectivity index (χ4n) is 3.13. The number of carbonyl (C=O) groups excluding carboxylic acids is 1. The van der Waals surface area contributed by atoms with E-state index in [2.05, 4.69) is 15.2 Å². The first-order chi connectivity index (χ1) is 12.1. The van der Waals surface area contributed by atoms with Crippen LogP contribution in [0.1, 0.15) is 39.0 Å². The molecule has 0 bridgehead atoms. The van der Waals surface area contributed by atoms with Gasteiger partial charge in [-0.05, 0) is 39.0 Å². The van der Waals surface area contributed by atoms with E-state index < -0.39 is 0 Å². The van der Waals surface area contributed by atoms with Gasteiger partial charge in [-0.2, -0.15) is 0 Å². The third-order valence-corrected chi connectivity index (χ3v) is 4.73. The molecule has 25 heavy (non-hydrogen) atoms. The van der Waals surface area contributed by atoms with Crippen molar-refractivity contribution in [3.05, 3.63) is 0 Å². The van der Waals surface area contributed by atoms with Crippen LogP contribution in [0.4, 0.5) is 0 Å². The van der Waals surface area contributed by atoms with Gasteiger partial charge in [0.2, 0.25) is 5.91 Å². The van der Waals surface area contributed by atoms with Crippen LogP contribution < -0.4 is 5.32 Å². The minimum absolute atomic E-state index is 0.0149. The molecule has 2 heterocycles. The summed E-state index contributed by atoms with van der Waals surface area (Å²) < 4.78 is 11.8. The lowest BCUT2D eigenvalue weighted by Gasteiger charge is -2.35. The molecule has 7 nitrogen and oxygen atoms in total. The molecule has 144 valence electrons. The number of guanidine groups is 1. The topological polar surface area (TPSA) is 66.4 Å². The van der Waals surface area contributed by atoms with Crippen LogP contribution in [0.5, 0.6) is 0 Å². The molecule has 0 aliphatic carbocycles. The molecule has 0 aromatic heterocycles. The Labute approximate surface area is 151 Å². The first kappa shape index (κ1) is 20.0. The maximum absolute atomic E-state index is 11.8. The first-order valence-electron chi connectivity index (χ1n) is 9.56. The van der Waals surface area contributed by atoms with Crippen molar-refractivity contribution >= 4 is 11.9 Å². The van der Waals surface area contributed by atoms with Crippen LogP contribution in [0.25, 0.3) is 0 Å². The van der Waals surface area contributed by atoms with Crippen LogP contribution in [-0.2, 0) is 14.3 Å². The molecule has 2 aliphatic rings. The van der Waals surface area contributed by atoms with Gasteiger partial charge >= 0.3 is 0 Å². The number of piperidine rings is 1. The molecule has 2 saturated heterocycles. The molecule has 2 rings (SSSR count). The van der Waals surface area contributed by atoms with Gasteiger partial charge in [0, 0.05) is 40.3 Å². The number of nitrogens with one attached hydrogen (secondary N) is 1. The normalized spacial score (nSPS) is 22.8. The van der Waals surface area contributed by atoms with Crippen LogP contribution in [0, 0.1) is 0 Å². The summed E-state index contributed by atoms with van der Waals surface area (Å²) in [5, 5.41) is 3.29. The highest BCUT2D eigenvalue weighted by Gasteiger charge is 2.24. The first-order valence-corrected chi connectivity index (χ1v) is 9.56. The molecule has 2 aliphatic heterocycles. The molecule has 1 N–H and O–H groups in total. The Morgan fingerprint density at radius 3 is 2.64 bits per heavy atom. The molecular formula is C18H34N4O3. The van der Waals surface area contributed by atoms with Crippen LogP contribution in [0.3, 0.4) is 0 Å². The molecule has 1 unspecified atom stereocenters. The standard InChI is InChI=1S/C18H34N4O3/c1-4-19-18(20-13-17(23)21(2)3)22-10-8-15(9-11-22)25-14-16-7-5-6-12-24-16/h15-16H,4-14H2,1-3H3,(H,19,20). The van der Waals surface area contributed by atoms with E-state index in [9.17, 15) is 4.79 Å². The summed E-state index contributed by atoms with van der Waals surface area (Å²) in [7, 11) is 3.51. The summed E-state index contributed by atoms with van der Waals surface area (Å²) in [6.07, 6.45) is 6.10. The van der Waals surface area contributed by atoms with Crippen molar-refractivity contribution in [2.75, 3.05) is 53.5 Å². The number of amides is 1. The average Bonchev–Trinajstić information content (AvgIpc) is 2.64. The zero-order valence-electron chi connectivity index (χ0n) is 16.0. The van der Waals surface area contributed by atoms with Crippen molar-refractivity contribution in [1.82, 2.24) is 15.1 Å². The van der Waals surface area contributed by atoms with E-state index in [0.29, 0.717) is 6.10 Å². The fraction of sp³-hybridized carbons (Fsp3) is 0.889. The fourth-order valence-corrected chi connectivity index (χ4v) is 3.13. The van der Waals surface area contributed by atoms with Gasteiger partial charge in [0.1, 0.15) is 6.54 Å². The molecule has 7 heteroatoms. The molecule has 0 saturated carbocycles. The Hall–Kier alpha value is -1.34. The van der Waals surface area contributed by atoms with E-state index in [1.807, 2.05) is 6.92 Å². The number of carbonyl (C=O) groups is 1. The van der Waals surface area contributed by atoms with Gasteiger partial charge in [0.05, 0.1) is 18.8 Å². The average molecular weight is 354 g/mol. The summed E-state index contributed by atoms with van der Waals surface area (Å²) >= 11 is 0. The Morgan fingerprint density at radius 1 is 1.28 bits per heavy atom. The second kappa shape index (κ2) is 10.6. The van der Waals surface area contributed by atoms with E-state index in [-0.39, 0.29) is 18.6 Å². The van der Waals surface area contributed by atoms with E-state index in [1.54, 1.807) is 19.0 Å². The number of aliphatic imine (C=N–C) groups is 1. The lowest BCUT2D eigenvalue weighted by atomic mass is 10.1. The molecule has 0 spiro atoms. The van der Waals surface area contributed by atoms with Gasteiger partial charge in [-0.3, -0.25) is 4.79 Å². The number of likely N-dealkylation sites (tertiary alicyclic amines) is 1. The molecule has 0 radical (unpaired) electrons. The van der Waals surface area contributed by atoms with Crippen molar-refractivity contribution in [3.8, 4) is 0 Å².